The van der Waals surface area contributed by atoms with Gasteiger partial charge in [0.2, 0.25) is 5.91 Å². The predicted molar refractivity (Wildman–Crippen MR) is 148 cm³/mol. The molecule has 0 fully saturated rings. The van der Waals surface area contributed by atoms with E-state index in [9.17, 15) is 19.7 Å². The minimum atomic E-state index is -0.625. The Hall–Kier alpha value is -4.83. The summed E-state index contributed by atoms with van der Waals surface area (Å²) in [6, 6.07) is 17.4. The molecule has 0 saturated carbocycles. The average molecular weight is 528 g/mol. The molecule has 5 rings (SSSR count). The van der Waals surface area contributed by atoms with Crippen molar-refractivity contribution in [3.63, 3.8) is 0 Å². The predicted octanol–water partition coefficient (Wildman–Crippen LogP) is 5.79. The van der Waals surface area contributed by atoms with Gasteiger partial charge in [-0.05, 0) is 49.3 Å². The van der Waals surface area contributed by atoms with E-state index in [4.69, 9.17) is 21.1 Å². The molecular formula is C28H21N3O6S. The van der Waals surface area contributed by atoms with Crippen LogP contribution >= 0.6 is 12.2 Å². The highest BCUT2D eigenvalue weighted by Gasteiger charge is 2.20. The van der Waals surface area contributed by atoms with Crippen molar-refractivity contribution < 1.29 is 18.6 Å². The van der Waals surface area contributed by atoms with Crippen molar-refractivity contribution in [1.82, 2.24) is 5.32 Å². The molecule has 0 bridgehead atoms. The number of nitro groups is 1. The standard InChI is InChI=1S/C28H21N3O6S/c1-15-20-12-22-23(17-7-4-3-5-8-17)14-36-25(22)16(2)26(20)37-27(33)21(15)13-24(32)30-28(38)29-18-9-6-10-19(11-18)31(34)35/h3-12,14H,13H2,1-2H3,(H2,29,30,32,38). The van der Waals surface area contributed by atoms with Crippen molar-refractivity contribution in [3.8, 4) is 11.1 Å². The first-order valence-electron chi connectivity index (χ1n) is 11.6. The van der Waals surface area contributed by atoms with Crippen molar-refractivity contribution in [2.24, 2.45) is 0 Å². The van der Waals surface area contributed by atoms with Gasteiger partial charge in [-0.25, -0.2) is 4.79 Å². The number of aryl methyl sites for hydroxylation is 2. The largest absolute Gasteiger partial charge is 0.463 e. The maximum absolute atomic E-state index is 12.9. The number of hydrogen-bond acceptors (Lipinski definition) is 7. The minimum Gasteiger partial charge on any atom is -0.463 e. The van der Waals surface area contributed by atoms with Gasteiger partial charge in [-0.2, -0.15) is 0 Å². The van der Waals surface area contributed by atoms with Crippen LogP contribution in [0.2, 0.25) is 0 Å². The summed E-state index contributed by atoms with van der Waals surface area (Å²) >= 11 is 5.18. The molecule has 0 aliphatic carbocycles. The van der Waals surface area contributed by atoms with E-state index in [-0.39, 0.29) is 22.8 Å². The maximum Gasteiger partial charge on any atom is 0.340 e. The van der Waals surface area contributed by atoms with Crippen LogP contribution in [-0.2, 0) is 11.2 Å². The lowest BCUT2D eigenvalue weighted by Crippen LogP contribution is -2.36. The quantitative estimate of drug-likeness (QED) is 0.127. The molecule has 10 heteroatoms. The smallest absolute Gasteiger partial charge is 0.340 e. The Kier molecular flexibility index (Phi) is 6.48. The summed E-state index contributed by atoms with van der Waals surface area (Å²) in [6.45, 7) is 3.60. The summed E-state index contributed by atoms with van der Waals surface area (Å²) in [5.41, 5.74) is 4.05. The zero-order valence-electron chi connectivity index (χ0n) is 20.4. The van der Waals surface area contributed by atoms with Gasteiger partial charge in [0.05, 0.1) is 23.2 Å². The number of hydrogen-bond donors (Lipinski definition) is 2. The van der Waals surface area contributed by atoms with E-state index < -0.39 is 16.5 Å². The topological polar surface area (TPSA) is 128 Å². The molecule has 5 aromatic rings. The van der Waals surface area contributed by atoms with Crippen LogP contribution in [0.5, 0.6) is 0 Å². The summed E-state index contributed by atoms with van der Waals surface area (Å²) in [7, 11) is 0. The zero-order valence-corrected chi connectivity index (χ0v) is 21.2. The number of anilines is 1. The van der Waals surface area contributed by atoms with Gasteiger partial charge in [0, 0.05) is 39.7 Å². The maximum atomic E-state index is 12.9. The number of carbonyl (C=O) groups is 1. The van der Waals surface area contributed by atoms with Gasteiger partial charge in [0.1, 0.15) is 11.2 Å². The molecule has 9 nitrogen and oxygen atoms in total. The van der Waals surface area contributed by atoms with E-state index in [0.717, 1.165) is 16.5 Å². The second-order valence-corrected chi connectivity index (χ2v) is 9.16. The lowest BCUT2D eigenvalue weighted by Gasteiger charge is -2.12. The number of thiocarbonyl (C=S) groups is 1. The lowest BCUT2D eigenvalue weighted by atomic mass is 9.97. The molecule has 2 heterocycles. The number of benzene rings is 3. The van der Waals surface area contributed by atoms with Crippen LogP contribution in [0, 0.1) is 24.0 Å². The van der Waals surface area contributed by atoms with Gasteiger partial charge >= 0.3 is 5.63 Å². The first kappa shape index (κ1) is 24.8. The van der Waals surface area contributed by atoms with Crippen molar-refractivity contribution in [2.75, 3.05) is 5.32 Å². The van der Waals surface area contributed by atoms with Crippen LogP contribution in [0.3, 0.4) is 0 Å². The third-order valence-electron chi connectivity index (χ3n) is 6.33. The molecular weight excluding hydrogens is 506 g/mol. The van der Waals surface area contributed by atoms with Crippen molar-refractivity contribution in [3.05, 3.63) is 104 Å². The zero-order chi connectivity index (χ0) is 27.0. The highest BCUT2D eigenvalue weighted by Crippen LogP contribution is 2.37. The summed E-state index contributed by atoms with van der Waals surface area (Å²) in [6.07, 6.45) is 1.41. The molecule has 190 valence electrons. The fraction of sp³-hybridized carbons (Fsp3) is 0.107. The van der Waals surface area contributed by atoms with Crippen LogP contribution < -0.4 is 16.3 Å². The Morgan fingerprint density at radius 2 is 1.76 bits per heavy atom. The molecule has 0 aliphatic rings. The number of nitrogens with zero attached hydrogens (tertiary/aromatic N) is 1. The van der Waals surface area contributed by atoms with E-state index in [2.05, 4.69) is 10.6 Å². The fourth-order valence-corrected chi connectivity index (χ4v) is 4.66. The van der Waals surface area contributed by atoms with Gasteiger partial charge < -0.3 is 19.5 Å². The first-order valence-corrected chi connectivity index (χ1v) is 12.0. The monoisotopic (exact) mass is 527 g/mol. The number of fused-ring (bicyclic) bond motifs is 2. The molecule has 3 aromatic carbocycles. The third-order valence-corrected chi connectivity index (χ3v) is 6.54. The number of carbonyl (C=O) groups excluding carboxylic acids is 1. The highest BCUT2D eigenvalue weighted by molar-refractivity contribution is 7.80. The lowest BCUT2D eigenvalue weighted by molar-refractivity contribution is -0.384. The van der Waals surface area contributed by atoms with E-state index in [0.29, 0.717) is 33.4 Å². The summed E-state index contributed by atoms with van der Waals surface area (Å²) in [5.74, 6) is -0.534. The second kappa shape index (κ2) is 9.91. The molecule has 1 amide bonds. The number of amides is 1. The van der Waals surface area contributed by atoms with Crippen molar-refractivity contribution >= 4 is 56.6 Å². The van der Waals surface area contributed by atoms with Crippen LogP contribution in [0.1, 0.15) is 16.7 Å². The van der Waals surface area contributed by atoms with E-state index in [1.54, 1.807) is 19.3 Å². The normalized spacial score (nSPS) is 11.0. The van der Waals surface area contributed by atoms with Crippen LogP contribution in [-0.4, -0.2) is 15.9 Å². The molecule has 0 radical (unpaired) electrons. The fourth-order valence-electron chi connectivity index (χ4n) is 4.43. The molecule has 0 aliphatic heterocycles. The van der Waals surface area contributed by atoms with Gasteiger partial charge in [-0.15, -0.1) is 0 Å². The number of nitro benzene ring substituents is 1. The van der Waals surface area contributed by atoms with Crippen molar-refractivity contribution in [1.29, 1.82) is 0 Å². The molecule has 2 N–H and O–H groups in total. The molecule has 38 heavy (non-hydrogen) atoms. The van der Waals surface area contributed by atoms with Gasteiger partial charge in [0.15, 0.2) is 5.11 Å². The average Bonchev–Trinajstić information content (AvgIpc) is 3.32. The van der Waals surface area contributed by atoms with Crippen LogP contribution in [0.15, 0.2) is 80.6 Å². The number of nitrogens with one attached hydrogen (secondary N) is 2. The Labute approximate surface area is 221 Å². The number of non-ortho nitro benzene ring substituents is 1. The van der Waals surface area contributed by atoms with Gasteiger partial charge in [0.25, 0.3) is 5.69 Å². The van der Waals surface area contributed by atoms with Crippen LogP contribution in [0.4, 0.5) is 11.4 Å². The van der Waals surface area contributed by atoms with Crippen LogP contribution in [0.25, 0.3) is 33.1 Å². The third kappa shape index (κ3) is 4.64. The molecule has 0 unspecified atom stereocenters. The summed E-state index contributed by atoms with van der Waals surface area (Å²) in [5, 5.41) is 17.8. The highest BCUT2D eigenvalue weighted by atomic mass is 32.1. The van der Waals surface area contributed by atoms with E-state index >= 15 is 0 Å². The van der Waals surface area contributed by atoms with Gasteiger partial charge in [-0.1, -0.05) is 36.4 Å². The number of furan rings is 1. The molecule has 0 atom stereocenters. The van der Waals surface area contributed by atoms with Gasteiger partial charge in [-0.3, -0.25) is 14.9 Å². The Morgan fingerprint density at radius 1 is 1.00 bits per heavy atom. The SMILES string of the molecule is Cc1c(CC(=O)NC(=S)Nc2cccc([N+](=O)[O-])c2)c(=O)oc2c(C)c3occ(-c4ccccc4)c3cc12. The Bertz CT molecular complexity index is 1810. The minimum absolute atomic E-state index is 0.0539. The molecule has 0 saturated heterocycles. The van der Waals surface area contributed by atoms with Crippen molar-refractivity contribution in [2.45, 2.75) is 20.3 Å². The first-order chi connectivity index (χ1) is 18.2. The summed E-state index contributed by atoms with van der Waals surface area (Å²) < 4.78 is 11.5. The summed E-state index contributed by atoms with van der Waals surface area (Å²) in [4.78, 5) is 36.1. The Balaban J connectivity index is 1.44. The molecule has 2 aromatic heterocycles. The van der Waals surface area contributed by atoms with E-state index in [1.165, 1.54) is 18.2 Å². The molecule has 0 spiro atoms. The van der Waals surface area contributed by atoms with E-state index in [1.807, 2.05) is 43.3 Å². The number of rotatable bonds is 5. The Morgan fingerprint density at radius 3 is 2.50 bits per heavy atom. The second-order valence-electron chi connectivity index (χ2n) is 8.75.